The summed E-state index contributed by atoms with van der Waals surface area (Å²) in [4.78, 5) is 4.78. The van der Waals surface area contributed by atoms with Gasteiger partial charge in [-0.05, 0) is 195 Å². The number of nitrogens with zero attached hydrogens (tertiary/aromatic N) is 2. The van der Waals surface area contributed by atoms with E-state index in [0.29, 0.717) is 6.42 Å². The van der Waals surface area contributed by atoms with E-state index in [-0.39, 0.29) is 10.8 Å². The van der Waals surface area contributed by atoms with Gasteiger partial charge in [0.15, 0.2) is 0 Å². The zero-order valence-corrected chi connectivity index (χ0v) is 47.4. The van der Waals surface area contributed by atoms with E-state index < -0.39 is 0 Å². The van der Waals surface area contributed by atoms with E-state index >= 15 is 0 Å². The summed E-state index contributed by atoms with van der Waals surface area (Å²) in [6, 6.07) is 101. The molecule has 0 aliphatic heterocycles. The summed E-state index contributed by atoms with van der Waals surface area (Å²) in [5.41, 5.74) is 25.1. The van der Waals surface area contributed by atoms with E-state index in [4.69, 9.17) is 6.58 Å². The highest BCUT2D eigenvalue weighted by Gasteiger charge is 2.38. The maximum atomic E-state index is 4.96. The Morgan fingerprint density at radius 2 is 0.892 bits per heavy atom. The number of para-hydroxylation sites is 2. The monoisotopic (exact) mass is 1060 g/mol. The molecule has 0 radical (unpaired) electrons. The zero-order valence-electron chi connectivity index (χ0n) is 47.4. The number of hydrogen-bond donors (Lipinski definition) is 0. The van der Waals surface area contributed by atoms with E-state index in [2.05, 4.69) is 317 Å². The Kier molecular flexibility index (Phi) is 11.8. The van der Waals surface area contributed by atoms with Gasteiger partial charge < -0.3 is 9.80 Å². The highest BCUT2D eigenvalue weighted by atomic mass is 15.1. The first-order chi connectivity index (χ1) is 40.6. The molecule has 0 heterocycles. The second kappa shape index (κ2) is 19.6. The normalized spacial score (nSPS) is 14.7. The van der Waals surface area contributed by atoms with E-state index in [9.17, 15) is 0 Å². The van der Waals surface area contributed by atoms with Crippen molar-refractivity contribution in [1.82, 2.24) is 0 Å². The summed E-state index contributed by atoms with van der Waals surface area (Å²) < 4.78 is 0. The van der Waals surface area contributed by atoms with Crippen molar-refractivity contribution in [2.45, 2.75) is 44.9 Å². The van der Waals surface area contributed by atoms with Crippen molar-refractivity contribution in [3.63, 3.8) is 0 Å². The van der Waals surface area contributed by atoms with Crippen molar-refractivity contribution in [3.8, 4) is 33.4 Å². The lowest BCUT2D eigenvalue weighted by molar-refractivity contribution is 0.660. The van der Waals surface area contributed by atoms with Crippen LogP contribution in [0.2, 0.25) is 0 Å². The fraction of sp³-hybridized carbons (Fsp3) is 0.0864. The lowest BCUT2D eigenvalue weighted by atomic mass is 9.78. The number of anilines is 5. The number of hydrogen-bond acceptors (Lipinski definition) is 2. The summed E-state index contributed by atoms with van der Waals surface area (Å²) in [6.45, 7) is 14.6. The third kappa shape index (κ3) is 8.23. The fourth-order valence-corrected chi connectivity index (χ4v) is 14.2. The molecule has 12 aromatic rings. The summed E-state index contributed by atoms with van der Waals surface area (Å²) in [7, 11) is 0. The lowest BCUT2D eigenvalue weighted by Gasteiger charge is -2.30. The molecule has 0 fully saturated rings. The van der Waals surface area contributed by atoms with E-state index in [0.717, 1.165) is 34.1 Å². The summed E-state index contributed by atoms with van der Waals surface area (Å²) >= 11 is 0. The van der Waals surface area contributed by atoms with Crippen LogP contribution in [0, 0.1) is 0 Å². The molecule has 0 unspecified atom stereocenters. The van der Waals surface area contributed by atoms with Gasteiger partial charge in [-0.1, -0.05) is 241 Å². The molecule has 0 aromatic heterocycles. The topological polar surface area (TPSA) is 6.48 Å². The molecule has 0 bridgehead atoms. The summed E-state index contributed by atoms with van der Waals surface area (Å²) in [6.07, 6.45) is 3.04. The van der Waals surface area contributed by atoms with Crippen LogP contribution in [-0.4, -0.2) is 0 Å². The third-order valence-electron chi connectivity index (χ3n) is 18.2. The smallest absolute Gasteiger partial charge is 0.0468 e. The highest BCUT2D eigenvalue weighted by molar-refractivity contribution is 6.01. The predicted octanol–water partition coefficient (Wildman–Crippen LogP) is 19.8. The van der Waals surface area contributed by atoms with Gasteiger partial charge in [-0.2, -0.15) is 0 Å². The Hall–Kier alpha value is -10.0. The molecule has 15 rings (SSSR count). The lowest BCUT2D eigenvalue weighted by Crippen LogP contribution is -2.35. The van der Waals surface area contributed by atoms with Crippen molar-refractivity contribution in [2.75, 3.05) is 9.80 Å². The first kappa shape index (κ1) is 50.0. The average Bonchev–Trinajstić information content (AvgIpc) is 2.14. The molecule has 0 saturated heterocycles. The molecule has 83 heavy (non-hydrogen) atoms. The minimum Gasteiger partial charge on any atom is -0.311 e. The zero-order chi connectivity index (χ0) is 56.0. The van der Waals surface area contributed by atoms with Crippen LogP contribution in [0.1, 0.15) is 67.5 Å². The summed E-state index contributed by atoms with van der Waals surface area (Å²) in [5.74, 6) is 0. The minimum absolute atomic E-state index is 0.180. The first-order valence-corrected chi connectivity index (χ1v) is 29.1. The fourth-order valence-electron chi connectivity index (χ4n) is 14.2. The van der Waals surface area contributed by atoms with Crippen LogP contribution >= 0.6 is 0 Å². The number of fused-ring (bicyclic) bond motifs is 10. The van der Waals surface area contributed by atoms with Crippen LogP contribution in [0.3, 0.4) is 0 Å². The van der Waals surface area contributed by atoms with Gasteiger partial charge in [-0.25, -0.2) is 0 Å². The highest BCUT2D eigenvalue weighted by Crippen LogP contribution is 2.53. The molecule has 3 aliphatic rings. The van der Waals surface area contributed by atoms with Gasteiger partial charge in [0.25, 0.3) is 0 Å². The van der Waals surface area contributed by atoms with Gasteiger partial charge in [0, 0.05) is 45.0 Å². The molecule has 2 heteroatoms. The average molecular weight is 1060 g/mol. The van der Waals surface area contributed by atoms with Crippen LogP contribution in [0.15, 0.2) is 297 Å². The van der Waals surface area contributed by atoms with Crippen LogP contribution in [0.5, 0.6) is 0 Å². The van der Waals surface area contributed by atoms with Gasteiger partial charge >= 0.3 is 0 Å². The van der Waals surface area contributed by atoms with Crippen molar-refractivity contribution in [1.29, 1.82) is 0 Å². The van der Waals surface area contributed by atoms with Crippen molar-refractivity contribution in [2.24, 2.45) is 0 Å². The van der Waals surface area contributed by atoms with Crippen LogP contribution in [-0.2, 0) is 10.8 Å². The molecule has 396 valence electrons. The van der Waals surface area contributed by atoms with Crippen molar-refractivity contribution >= 4 is 61.1 Å². The SMILES string of the molecule is C=C(/C=C1\CC(c2ccc3c(c2)C(C)(C)c2c-3ccc3ccccc23)=c2cc(N(c3ccc(-c4ccccc4)cc3)c3ccc4c(c3)C(C)(C)c3ccccc3-4)ccc2=C1c1cccc2ccccc12)N(c1ccccc1)c1ccccc1. The second-order valence-corrected chi connectivity index (χ2v) is 23.7. The van der Waals surface area contributed by atoms with E-state index in [1.807, 2.05) is 0 Å². The molecule has 3 aliphatic carbocycles. The Morgan fingerprint density at radius 1 is 0.373 bits per heavy atom. The van der Waals surface area contributed by atoms with E-state index in [1.54, 1.807) is 0 Å². The Bertz CT molecular complexity index is 4710. The number of rotatable bonds is 10. The third-order valence-corrected chi connectivity index (χ3v) is 18.2. The van der Waals surface area contributed by atoms with Gasteiger partial charge in [0.1, 0.15) is 0 Å². The van der Waals surface area contributed by atoms with Crippen LogP contribution in [0.4, 0.5) is 28.4 Å². The van der Waals surface area contributed by atoms with Crippen LogP contribution in [0.25, 0.3) is 66.1 Å². The molecular formula is C81H62N2. The quantitative estimate of drug-likeness (QED) is 0.135. The minimum atomic E-state index is -0.246. The van der Waals surface area contributed by atoms with Gasteiger partial charge in [-0.15, -0.1) is 0 Å². The molecule has 2 nitrogen and oxygen atoms in total. The predicted molar refractivity (Wildman–Crippen MR) is 351 cm³/mol. The van der Waals surface area contributed by atoms with Gasteiger partial charge in [-0.3, -0.25) is 0 Å². The number of allylic oxidation sites excluding steroid dienone is 2. The molecule has 0 amide bonds. The first-order valence-electron chi connectivity index (χ1n) is 29.1. The Morgan fingerprint density at radius 3 is 1.64 bits per heavy atom. The van der Waals surface area contributed by atoms with Crippen molar-refractivity contribution in [3.05, 3.63) is 341 Å². The maximum absolute atomic E-state index is 4.96. The second-order valence-electron chi connectivity index (χ2n) is 23.7. The molecule has 0 spiro atoms. The molecule has 12 aromatic carbocycles. The van der Waals surface area contributed by atoms with Gasteiger partial charge in [0.2, 0.25) is 0 Å². The molecular weight excluding hydrogens is 1000 g/mol. The Balaban J connectivity index is 1.01. The molecule has 0 N–H and O–H groups in total. The standard InChI is InChI=1S/C81H62N2/c1-53(82(60-27-11-7-12-28-60)61-29-13-8-14-30-61)48-59-49-73(58-39-44-69-72-45-38-57-25-16-18-32-66(57)79(72)81(4,5)76(69)50-58)74-51-63(43-47-71(74)78(59)70-34-21-26-56-24-15-17-31-65(56)70)83(62-40-36-55(37-41-62)54-22-9-6-10-23-54)64-42-46-68-67-33-19-20-35-75(67)80(2,3)77(68)52-64/h6-48,50-52H,1,49H2,2-5H3/b59-48+. The molecule has 0 saturated carbocycles. The summed E-state index contributed by atoms with van der Waals surface area (Å²) in [5, 5.41) is 7.43. The number of benzene rings is 12. The van der Waals surface area contributed by atoms with Gasteiger partial charge in [0.05, 0.1) is 0 Å². The Labute approximate surface area is 487 Å². The largest absolute Gasteiger partial charge is 0.311 e. The van der Waals surface area contributed by atoms with Crippen LogP contribution < -0.4 is 20.2 Å². The maximum Gasteiger partial charge on any atom is 0.0468 e. The van der Waals surface area contributed by atoms with Crippen molar-refractivity contribution < 1.29 is 0 Å². The molecule has 0 atom stereocenters. The van der Waals surface area contributed by atoms with E-state index in [1.165, 1.54) is 115 Å².